The summed E-state index contributed by atoms with van der Waals surface area (Å²) >= 11 is 0. The molecule has 70 valence electrons. The van der Waals surface area contributed by atoms with Crippen LogP contribution in [0.15, 0.2) is 0 Å². The van der Waals surface area contributed by atoms with Gasteiger partial charge in [-0.3, -0.25) is 4.90 Å². The lowest BCUT2D eigenvalue weighted by molar-refractivity contribution is 0.0677. The van der Waals surface area contributed by atoms with E-state index < -0.39 is 0 Å². The SMILES string of the molecule is CN1C[C@@H]2CC1CN2C(C)(C)C. The minimum absolute atomic E-state index is 0.376. The summed E-state index contributed by atoms with van der Waals surface area (Å²) in [6.45, 7) is 9.54. The third kappa shape index (κ3) is 1.17. The molecule has 0 aromatic heterocycles. The van der Waals surface area contributed by atoms with Crippen LogP contribution in [0.3, 0.4) is 0 Å². The highest BCUT2D eigenvalue weighted by Gasteiger charge is 2.45. The van der Waals surface area contributed by atoms with Crippen LogP contribution in [0.1, 0.15) is 27.2 Å². The summed E-state index contributed by atoms with van der Waals surface area (Å²) in [5, 5.41) is 0. The first-order valence-electron chi connectivity index (χ1n) is 4.95. The van der Waals surface area contributed by atoms with Crippen molar-refractivity contribution in [1.82, 2.24) is 9.80 Å². The summed E-state index contributed by atoms with van der Waals surface area (Å²) in [6.07, 6.45) is 1.40. The standard InChI is InChI=1S/C10H20N2/c1-10(2,3)12-7-8-5-9(12)6-11(8)4/h8-9H,5-7H2,1-4H3/t8?,9-/m0/s1. The molecule has 12 heavy (non-hydrogen) atoms. The number of hydrogen-bond donors (Lipinski definition) is 0. The quantitative estimate of drug-likeness (QED) is 0.536. The van der Waals surface area contributed by atoms with Gasteiger partial charge in [-0.25, -0.2) is 0 Å². The Kier molecular flexibility index (Phi) is 1.74. The van der Waals surface area contributed by atoms with E-state index in [1.165, 1.54) is 19.5 Å². The van der Waals surface area contributed by atoms with Crippen LogP contribution < -0.4 is 0 Å². The van der Waals surface area contributed by atoms with Crippen molar-refractivity contribution in [2.24, 2.45) is 0 Å². The maximum absolute atomic E-state index is 2.66. The highest BCUT2D eigenvalue weighted by atomic mass is 15.4. The van der Waals surface area contributed by atoms with Gasteiger partial charge in [-0.15, -0.1) is 0 Å². The van der Waals surface area contributed by atoms with Gasteiger partial charge in [0.05, 0.1) is 0 Å². The molecule has 2 aliphatic rings. The molecule has 2 atom stereocenters. The van der Waals surface area contributed by atoms with Gasteiger partial charge in [-0.1, -0.05) is 0 Å². The third-order valence-corrected chi connectivity index (χ3v) is 3.38. The zero-order chi connectivity index (χ0) is 8.93. The second-order valence-corrected chi connectivity index (χ2v) is 5.31. The molecule has 2 aliphatic heterocycles. The monoisotopic (exact) mass is 168 g/mol. The number of piperazine rings is 1. The average molecular weight is 168 g/mol. The molecule has 2 fully saturated rings. The molecule has 0 radical (unpaired) electrons. The van der Waals surface area contributed by atoms with Gasteiger partial charge < -0.3 is 4.90 Å². The Morgan fingerprint density at radius 2 is 1.75 bits per heavy atom. The van der Waals surface area contributed by atoms with Crippen molar-refractivity contribution in [3.63, 3.8) is 0 Å². The van der Waals surface area contributed by atoms with Crippen LogP contribution in [0.5, 0.6) is 0 Å². The summed E-state index contributed by atoms with van der Waals surface area (Å²) in [6, 6.07) is 1.68. The van der Waals surface area contributed by atoms with Gasteiger partial charge in [0.1, 0.15) is 0 Å². The van der Waals surface area contributed by atoms with E-state index in [1.807, 2.05) is 0 Å². The zero-order valence-electron chi connectivity index (χ0n) is 8.67. The highest BCUT2D eigenvalue weighted by Crippen LogP contribution is 2.34. The highest BCUT2D eigenvalue weighted by molar-refractivity contribution is 5.02. The van der Waals surface area contributed by atoms with Gasteiger partial charge in [0.15, 0.2) is 0 Å². The van der Waals surface area contributed by atoms with Crippen molar-refractivity contribution in [2.45, 2.75) is 44.8 Å². The van der Waals surface area contributed by atoms with Crippen LogP contribution in [0.2, 0.25) is 0 Å². The molecule has 0 aromatic carbocycles. The first-order chi connectivity index (χ1) is 5.48. The summed E-state index contributed by atoms with van der Waals surface area (Å²) in [5.41, 5.74) is 0.376. The second-order valence-electron chi connectivity index (χ2n) is 5.31. The Labute approximate surface area is 75.5 Å². The molecule has 2 rings (SSSR count). The summed E-state index contributed by atoms with van der Waals surface area (Å²) < 4.78 is 0. The van der Waals surface area contributed by atoms with E-state index >= 15 is 0 Å². The number of likely N-dealkylation sites (N-methyl/N-ethyl adjacent to an activating group) is 1. The first kappa shape index (κ1) is 8.52. The molecule has 0 saturated carbocycles. The Balaban J connectivity index is 2.08. The van der Waals surface area contributed by atoms with Gasteiger partial charge in [-0.05, 0) is 34.2 Å². The Morgan fingerprint density at radius 3 is 2.08 bits per heavy atom. The van der Waals surface area contributed by atoms with E-state index in [9.17, 15) is 0 Å². The molecule has 0 aromatic rings. The predicted octanol–water partition coefficient (Wildman–Crippen LogP) is 1.17. The molecular weight excluding hydrogens is 148 g/mol. The molecule has 2 bridgehead atoms. The van der Waals surface area contributed by atoms with E-state index in [4.69, 9.17) is 0 Å². The predicted molar refractivity (Wildman–Crippen MR) is 51.3 cm³/mol. The molecular formula is C10H20N2. The maximum Gasteiger partial charge on any atom is 0.0244 e. The molecule has 0 aliphatic carbocycles. The van der Waals surface area contributed by atoms with Gasteiger partial charge in [0.25, 0.3) is 0 Å². The maximum atomic E-state index is 2.66. The summed E-state index contributed by atoms with van der Waals surface area (Å²) in [7, 11) is 2.25. The largest absolute Gasteiger partial charge is 0.301 e. The van der Waals surface area contributed by atoms with Crippen molar-refractivity contribution in [2.75, 3.05) is 20.1 Å². The average Bonchev–Trinajstić information content (AvgIpc) is 2.41. The fraction of sp³-hybridized carbons (Fsp3) is 1.00. The molecule has 2 saturated heterocycles. The molecule has 0 amide bonds. The fourth-order valence-corrected chi connectivity index (χ4v) is 2.69. The molecule has 2 heterocycles. The third-order valence-electron chi connectivity index (χ3n) is 3.38. The Morgan fingerprint density at radius 1 is 1.08 bits per heavy atom. The minimum atomic E-state index is 0.376. The Bertz CT molecular complexity index is 181. The van der Waals surface area contributed by atoms with Crippen LogP contribution in [0, 0.1) is 0 Å². The normalized spacial score (nSPS) is 38.0. The fourth-order valence-electron chi connectivity index (χ4n) is 2.69. The van der Waals surface area contributed by atoms with Crippen LogP contribution in [0.4, 0.5) is 0 Å². The molecule has 2 nitrogen and oxygen atoms in total. The number of fused-ring (bicyclic) bond motifs is 2. The zero-order valence-corrected chi connectivity index (χ0v) is 8.67. The number of hydrogen-bond acceptors (Lipinski definition) is 2. The van der Waals surface area contributed by atoms with Gasteiger partial charge >= 0.3 is 0 Å². The van der Waals surface area contributed by atoms with Crippen LogP contribution in [-0.2, 0) is 0 Å². The molecule has 0 spiro atoms. The topological polar surface area (TPSA) is 6.48 Å². The van der Waals surface area contributed by atoms with E-state index in [-0.39, 0.29) is 0 Å². The lowest BCUT2D eigenvalue weighted by Crippen LogP contribution is -2.52. The van der Waals surface area contributed by atoms with Gasteiger partial charge in [0, 0.05) is 30.7 Å². The lowest BCUT2D eigenvalue weighted by Gasteiger charge is -2.41. The minimum Gasteiger partial charge on any atom is -0.301 e. The molecule has 1 unspecified atom stereocenters. The van der Waals surface area contributed by atoms with E-state index in [2.05, 4.69) is 37.6 Å². The van der Waals surface area contributed by atoms with Crippen molar-refractivity contribution in [3.8, 4) is 0 Å². The van der Waals surface area contributed by atoms with E-state index in [1.54, 1.807) is 0 Å². The van der Waals surface area contributed by atoms with Crippen LogP contribution in [0.25, 0.3) is 0 Å². The lowest BCUT2D eigenvalue weighted by atomic mass is 10.0. The van der Waals surface area contributed by atoms with Crippen LogP contribution in [-0.4, -0.2) is 47.6 Å². The van der Waals surface area contributed by atoms with Crippen molar-refractivity contribution in [3.05, 3.63) is 0 Å². The van der Waals surface area contributed by atoms with Crippen LogP contribution >= 0.6 is 0 Å². The van der Waals surface area contributed by atoms with Gasteiger partial charge in [0.2, 0.25) is 0 Å². The van der Waals surface area contributed by atoms with Crippen molar-refractivity contribution in [1.29, 1.82) is 0 Å². The summed E-state index contributed by atoms with van der Waals surface area (Å²) in [4.78, 5) is 5.17. The Hall–Kier alpha value is -0.0800. The number of likely N-dealkylation sites (tertiary alicyclic amines) is 2. The van der Waals surface area contributed by atoms with Crippen molar-refractivity contribution < 1.29 is 0 Å². The first-order valence-corrected chi connectivity index (χ1v) is 4.95. The molecule has 2 heteroatoms. The smallest absolute Gasteiger partial charge is 0.0244 e. The number of rotatable bonds is 0. The van der Waals surface area contributed by atoms with E-state index in [0.717, 1.165) is 12.1 Å². The van der Waals surface area contributed by atoms with E-state index in [0.29, 0.717) is 5.54 Å². The van der Waals surface area contributed by atoms with Gasteiger partial charge in [-0.2, -0.15) is 0 Å². The summed E-state index contributed by atoms with van der Waals surface area (Å²) in [5.74, 6) is 0. The van der Waals surface area contributed by atoms with Crippen molar-refractivity contribution >= 4 is 0 Å². The second kappa shape index (κ2) is 2.46. The molecule has 0 N–H and O–H groups in total. The number of nitrogens with zero attached hydrogens (tertiary/aromatic N) is 2.